The molecule has 1 saturated heterocycles. The summed E-state index contributed by atoms with van der Waals surface area (Å²) in [5, 5.41) is 11.0. The van der Waals surface area contributed by atoms with Gasteiger partial charge in [0.2, 0.25) is 0 Å². The van der Waals surface area contributed by atoms with Crippen molar-refractivity contribution in [2.45, 2.75) is 44.5 Å². The van der Waals surface area contributed by atoms with Crippen LogP contribution in [0.4, 0.5) is 4.39 Å². The second-order valence-electron chi connectivity index (χ2n) is 6.75. The van der Waals surface area contributed by atoms with E-state index in [-0.39, 0.29) is 18.0 Å². The molecular formula is C21H21FO2S. The van der Waals surface area contributed by atoms with Gasteiger partial charge in [0, 0.05) is 16.0 Å². The van der Waals surface area contributed by atoms with E-state index in [1.807, 2.05) is 25.1 Å². The average Bonchev–Trinajstić information content (AvgIpc) is 3.01. The fraction of sp³-hybridized carbons (Fsp3) is 0.333. The van der Waals surface area contributed by atoms with Gasteiger partial charge in [-0.3, -0.25) is 0 Å². The molecule has 1 aliphatic rings. The van der Waals surface area contributed by atoms with E-state index < -0.39 is 6.10 Å². The van der Waals surface area contributed by atoms with Crippen LogP contribution in [0.5, 0.6) is 0 Å². The SMILES string of the molecule is C[C@H]1OC(c2ccc(F)c(Cc3cc4ccccc4s3)c2)CCC1O. The molecule has 1 aromatic heterocycles. The fourth-order valence-electron chi connectivity index (χ4n) is 3.46. The molecule has 3 atom stereocenters. The maximum Gasteiger partial charge on any atom is 0.126 e. The summed E-state index contributed by atoms with van der Waals surface area (Å²) in [6.45, 7) is 1.89. The molecule has 0 aliphatic carbocycles. The molecule has 2 unspecified atom stereocenters. The summed E-state index contributed by atoms with van der Waals surface area (Å²) >= 11 is 1.71. The molecule has 2 heterocycles. The summed E-state index contributed by atoms with van der Waals surface area (Å²) in [6, 6.07) is 15.6. The van der Waals surface area contributed by atoms with Crippen LogP contribution >= 0.6 is 11.3 Å². The van der Waals surface area contributed by atoms with E-state index in [1.165, 1.54) is 16.2 Å². The Bertz CT molecular complexity index is 855. The standard InChI is InChI=1S/C21H21FO2S/c1-13-19(23)8-9-20(24-13)14-6-7-18(22)16(10-14)12-17-11-15-4-2-3-5-21(15)25-17/h2-7,10-11,13,19-20,23H,8-9,12H2,1H3/t13-,19?,20?/m1/s1. The Morgan fingerprint density at radius 2 is 2.00 bits per heavy atom. The lowest BCUT2D eigenvalue weighted by Gasteiger charge is -2.32. The zero-order valence-electron chi connectivity index (χ0n) is 14.1. The monoisotopic (exact) mass is 356 g/mol. The molecule has 4 rings (SSSR count). The lowest BCUT2D eigenvalue weighted by Crippen LogP contribution is -2.33. The summed E-state index contributed by atoms with van der Waals surface area (Å²) in [6.07, 6.45) is 1.41. The van der Waals surface area contributed by atoms with Crippen LogP contribution in [0.2, 0.25) is 0 Å². The molecule has 0 bridgehead atoms. The average molecular weight is 356 g/mol. The number of ether oxygens (including phenoxy) is 1. The van der Waals surface area contributed by atoms with E-state index in [1.54, 1.807) is 17.4 Å². The highest BCUT2D eigenvalue weighted by molar-refractivity contribution is 7.19. The first-order chi connectivity index (χ1) is 12.1. The van der Waals surface area contributed by atoms with Gasteiger partial charge >= 0.3 is 0 Å². The van der Waals surface area contributed by atoms with Crippen LogP contribution in [-0.4, -0.2) is 17.3 Å². The van der Waals surface area contributed by atoms with Gasteiger partial charge in [0.05, 0.1) is 18.3 Å². The number of hydrogen-bond donors (Lipinski definition) is 1. The lowest BCUT2D eigenvalue weighted by atomic mass is 9.95. The van der Waals surface area contributed by atoms with Gasteiger partial charge in [-0.05, 0) is 60.5 Å². The van der Waals surface area contributed by atoms with Crippen LogP contribution in [0.1, 0.15) is 41.9 Å². The lowest BCUT2D eigenvalue weighted by molar-refractivity contribution is -0.110. The van der Waals surface area contributed by atoms with E-state index in [0.717, 1.165) is 23.3 Å². The van der Waals surface area contributed by atoms with Crippen LogP contribution in [0.25, 0.3) is 10.1 Å². The smallest absolute Gasteiger partial charge is 0.126 e. The first-order valence-electron chi connectivity index (χ1n) is 8.69. The summed E-state index contributed by atoms with van der Waals surface area (Å²) in [4.78, 5) is 1.16. The number of thiophene rings is 1. The Morgan fingerprint density at radius 3 is 2.80 bits per heavy atom. The molecule has 130 valence electrons. The predicted octanol–water partition coefficient (Wildman–Crippen LogP) is 5.23. The van der Waals surface area contributed by atoms with Crippen LogP contribution < -0.4 is 0 Å². The van der Waals surface area contributed by atoms with E-state index in [9.17, 15) is 9.50 Å². The van der Waals surface area contributed by atoms with Gasteiger partial charge in [-0.1, -0.05) is 24.3 Å². The molecule has 0 spiro atoms. The van der Waals surface area contributed by atoms with Crippen molar-refractivity contribution in [3.8, 4) is 0 Å². The maximum absolute atomic E-state index is 14.3. The maximum atomic E-state index is 14.3. The van der Waals surface area contributed by atoms with Gasteiger partial charge in [0.15, 0.2) is 0 Å². The molecule has 1 aliphatic heterocycles. The van der Waals surface area contributed by atoms with Crippen molar-refractivity contribution in [2.75, 3.05) is 0 Å². The van der Waals surface area contributed by atoms with Crippen molar-refractivity contribution >= 4 is 21.4 Å². The Kier molecular flexibility index (Phi) is 4.59. The first kappa shape index (κ1) is 16.7. The Labute approximate surface area is 150 Å². The van der Waals surface area contributed by atoms with Gasteiger partial charge in [-0.2, -0.15) is 0 Å². The largest absolute Gasteiger partial charge is 0.390 e. The second-order valence-corrected chi connectivity index (χ2v) is 7.92. The van der Waals surface area contributed by atoms with E-state index >= 15 is 0 Å². The molecule has 2 nitrogen and oxygen atoms in total. The minimum absolute atomic E-state index is 0.0693. The van der Waals surface area contributed by atoms with E-state index in [0.29, 0.717) is 12.0 Å². The van der Waals surface area contributed by atoms with Crippen LogP contribution in [0.15, 0.2) is 48.5 Å². The molecule has 0 amide bonds. The summed E-state index contributed by atoms with van der Waals surface area (Å²) in [5.41, 5.74) is 1.70. The molecule has 25 heavy (non-hydrogen) atoms. The quantitative estimate of drug-likeness (QED) is 0.696. The molecule has 3 aromatic rings. The first-order valence-corrected chi connectivity index (χ1v) is 9.51. The zero-order valence-corrected chi connectivity index (χ0v) is 14.9. The number of aliphatic hydroxyl groups is 1. The number of aliphatic hydroxyl groups excluding tert-OH is 1. The Balaban J connectivity index is 1.59. The van der Waals surface area contributed by atoms with Crippen molar-refractivity contribution in [1.29, 1.82) is 0 Å². The van der Waals surface area contributed by atoms with Crippen molar-refractivity contribution in [2.24, 2.45) is 0 Å². The van der Waals surface area contributed by atoms with Crippen molar-refractivity contribution < 1.29 is 14.2 Å². The van der Waals surface area contributed by atoms with Crippen LogP contribution in [0.3, 0.4) is 0 Å². The van der Waals surface area contributed by atoms with E-state index in [2.05, 4.69) is 18.2 Å². The van der Waals surface area contributed by atoms with Gasteiger partial charge in [-0.25, -0.2) is 4.39 Å². The molecule has 4 heteroatoms. The number of halogens is 1. The predicted molar refractivity (Wildman–Crippen MR) is 99.6 cm³/mol. The highest BCUT2D eigenvalue weighted by Crippen LogP contribution is 2.33. The minimum atomic E-state index is -0.408. The zero-order chi connectivity index (χ0) is 17.4. The minimum Gasteiger partial charge on any atom is -0.390 e. The van der Waals surface area contributed by atoms with Crippen LogP contribution in [0, 0.1) is 5.82 Å². The molecule has 2 aromatic carbocycles. The third-order valence-electron chi connectivity index (χ3n) is 4.93. The molecular weight excluding hydrogens is 335 g/mol. The van der Waals surface area contributed by atoms with Crippen molar-refractivity contribution in [3.05, 3.63) is 70.4 Å². The topological polar surface area (TPSA) is 29.5 Å². The highest BCUT2D eigenvalue weighted by atomic mass is 32.1. The van der Waals surface area contributed by atoms with Crippen LogP contribution in [-0.2, 0) is 11.2 Å². The molecule has 0 saturated carbocycles. The number of fused-ring (bicyclic) bond motifs is 1. The highest BCUT2D eigenvalue weighted by Gasteiger charge is 2.27. The number of hydrogen-bond acceptors (Lipinski definition) is 3. The van der Waals surface area contributed by atoms with Gasteiger partial charge in [0.1, 0.15) is 5.82 Å². The Morgan fingerprint density at radius 1 is 1.16 bits per heavy atom. The molecule has 1 N–H and O–H groups in total. The third-order valence-corrected chi connectivity index (χ3v) is 6.04. The summed E-state index contributed by atoms with van der Waals surface area (Å²) in [7, 11) is 0. The third kappa shape index (κ3) is 3.47. The van der Waals surface area contributed by atoms with Crippen molar-refractivity contribution in [1.82, 2.24) is 0 Å². The molecule has 0 radical (unpaired) electrons. The summed E-state index contributed by atoms with van der Waals surface area (Å²) < 4.78 is 21.5. The number of benzene rings is 2. The van der Waals surface area contributed by atoms with Gasteiger partial charge in [0.25, 0.3) is 0 Å². The molecule has 1 fully saturated rings. The van der Waals surface area contributed by atoms with Gasteiger partial charge < -0.3 is 9.84 Å². The van der Waals surface area contributed by atoms with Crippen molar-refractivity contribution in [3.63, 3.8) is 0 Å². The number of rotatable bonds is 3. The fourth-order valence-corrected chi connectivity index (χ4v) is 4.55. The van der Waals surface area contributed by atoms with E-state index in [4.69, 9.17) is 4.74 Å². The second kappa shape index (κ2) is 6.87. The Hall–Kier alpha value is -1.75. The summed E-state index contributed by atoms with van der Waals surface area (Å²) in [5.74, 6) is -0.176. The normalized spacial score (nSPS) is 23.9. The van der Waals surface area contributed by atoms with Gasteiger partial charge in [-0.15, -0.1) is 11.3 Å².